The molecule has 0 spiro atoms. The van der Waals surface area contributed by atoms with Gasteiger partial charge in [0.15, 0.2) is 0 Å². The highest BCUT2D eigenvalue weighted by Crippen LogP contribution is 2.34. The molecule has 0 aromatic carbocycles. The highest BCUT2D eigenvalue weighted by molar-refractivity contribution is 5.97. The lowest BCUT2D eigenvalue weighted by Crippen LogP contribution is -2.54. The van der Waals surface area contributed by atoms with E-state index >= 15 is 0 Å². The van der Waals surface area contributed by atoms with E-state index in [2.05, 4.69) is 63.3 Å². The van der Waals surface area contributed by atoms with E-state index in [1.165, 1.54) is 23.5 Å². The van der Waals surface area contributed by atoms with Gasteiger partial charge in [-0.15, -0.1) is 0 Å². The fourth-order valence-electron chi connectivity index (χ4n) is 5.74. The van der Waals surface area contributed by atoms with Crippen molar-refractivity contribution >= 4 is 11.7 Å². The number of amides is 1. The van der Waals surface area contributed by atoms with Crippen molar-refractivity contribution in [1.82, 2.24) is 29.9 Å². The van der Waals surface area contributed by atoms with Gasteiger partial charge in [0.05, 0.1) is 23.8 Å². The molecule has 8 heteroatoms. The van der Waals surface area contributed by atoms with E-state index in [-0.39, 0.29) is 18.0 Å². The van der Waals surface area contributed by atoms with Crippen LogP contribution in [-0.2, 0) is 11.2 Å². The first-order valence-corrected chi connectivity index (χ1v) is 12.6. The zero-order valence-electron chi connectivity index (χ0n) is 20.7. The van der Waals surface area contributed by atoms with Crippen molar-refractivity contribution < 1.29 is 4.79 Å². The predicted octanol–water partition coefficient (Wildman–Crippen LogP) is 1.64. The highest BCUT2D eigenvalue weighted by atomic mass is 16.1. The lowest BCUT2D eigenvalue weighted by molar-refractivity contribution is -0.119. The van der Waals surface area contributed by atoms with Crippen molar-refractivity contribution in [2.75, 3.05) is 53.4 Å². The maximum Gasteiger partial charge on any atom is 0.216 e. The van der Waals surface area contributed by atoms with Crippen LogP contribution >= 0.6 is 0 Å². The van der Waals surface area contributed by atoms with Gasteiger partial charge >= 0.3 is 0 Å². The highest BCUT2D eigenvalue weighted by Gasteiger charge is 2.41. The lowest BCUT2D eigenvalue weighted by atomic mass is 9.90. The first-order valence-electron chi connectivity index (χ1n) is 12.6. The summed E-state index contributed by atoms with van der Waals surface area (Å²) in [5, 5.41) is 3.09. The number of carbonyl (C=O) groups is 1. The quantitative estimate of drug-likeness (QED) is 0.692. The fraction of sp³-hybridized carbons (Fsp3) is 0.577. The van der Waals surface area contributed by atoms with E-state index in [4.69, 9.17) is 9.98 Å². The SMILES string of the molecule is CC(=O)NCC1C(CN(C)[C@H]2CCCc3cccnc32)N=C2C=CC=C(N3CCN(C)CC3)N21. The van der Waals surface area contributed by atoms with Crippen molar-refractivity contribution in [3.05, 3.63) is 53.6 Å². The Morgan fingerprint density at radius 1 is 1.26 bits per heavy atom. The number of aryl methyl sites for hydroxylation is 1. The number of carbonyl (C=O) groups excluding carboxylic acids is 1. The molecule has 1 fully saturated rings. The van der Waals surface area contributed by atoms with Gasteiger partial charge in [0.1, 0.15) is 11.7 Å². The van der Waals surface area contributed by atoms with E-state index in [0.717, 1.165) is 51.4 Å². The zero-order valence-corrected chi connectivity index (χ0v) is 20.7. The van der Waals surface area contributed by atoms with Gasteiger partial charge in [-0.25, -0.2) is 0 Å². The predicted molar refractivity (Wildman–Crippen MR) is 134 cm³/mol. The second kappa shape index (κ2) is 9.88. The maximum atomic E-state index is 11.9. The Bertz CT molecular complexity index is 995. The largest absolute Gasteiger partial charge is 0.355 e. The van der Waals surface area contributed by atoms with Gasteiger partial charge in [0, 0.05) is 52.4 Å². The van der Waals surface area contributed by atoms with Crippen LogP contribution in [0.4, 0.5) is 0 Å². The number of aliphatic imine (C=N–C) groups is 1. The van der Waals surface area contributed by atoms with Crippen LogP contribution in [0.15, 0.2) is 47.4 Å². The van der Waals surface area contributed by atoms with Gasteiger partial charge in [0.25, 0.3) is 0 Å². The molecule has 182 valence electrons. The summed E-state index contributed by atoms with van der Waals surface area (Å²) in [5.74, 6) is 2.22. The summed E-state index contributed by atoms with van der Waals surface area (Å²) in [6.07, 6.45) is 11.8. The minimum Gasteiger partial charge on any atom is -0.355 e. The molecule has 4 aliphatic rings. The number of pyridine rings is 1. The number of aromatic nitrogens is 1. The molecule has 34 heavy (non-hydrogen) atoms. The Kier molecular flexibility index (Phi) is 6.70. The van der Waals surface area contributed by atoms with Crippen LogP contribution < -0.4 is 5.32 Å². The minimum atomic E-state index is 0.00337. The molecule has 3 aliphatic heterocycles. The average molecular weight is 464 g/mol. The number of hydrogen-bond acceptors (Lipinski definition) is 7. The van der Waals surface area contributed by atoms with E-state index in [1.807, 2.05) is 12.3 Å². The smallest absolute Gasteiger partial charge is 0.216 e. The van der Waals surface area contributed by atoms with Crippen molar-refractivity contribution in [3.8, 4) is 0 Å². The first kappa shape index (κ1) is 23.1. The van der Waals surface area contributed by atoms with Gasteiger partial charge in [-0.1, -0.05) is 12.1 Å². The van der Waals surface area contributed by atoms with Gasteiger partial charge in [-0.05, 0) is 57.1 Å². The van der Waals surface area contributed by atoms with E-state index in [1.54, 1.807) is 6.92 Å². The van der Waals surface area contributed by atoms with Crippen molar-refractivity contribution in [2.24, 2.45) is 4.99 Å². The molecule has 1 aliphatic carbocycles. The average Bonchev–Trinajstić information content (AvgIpc) is 3.19. The molecule has 0 bridgehead atoms. The summed E-state index contributed by atoms with van der Waals surface area (Å²) >= 11 is 0. The topological polar surface area (TPSA) is 67.3 Å². The Morgan fingerprint density at radius 2 is 2.09 bits per heavy atom. The Balaban J connectivity index is 1.37. The summed E-state index contributed by atoms with van der Waals surface area (Å²) in [7, 11) is 4.38. The molecule has 1 amide bonds. The Hall–Kier alpha value is -2.71. The van der Waals surface area contributed by atoms with Crippen molar-refractivity contribution in [3.63, 3.8) is 0 Å². The molecule has 1 N–H and O–H groups in total. The van der Waals surface area contributed by atoms with Crippen LogP contribution in [0.3, 0.4) is 0 Å². The van der Waals surface area contributed by atoms with E-state index < -0.39 is 0 Å². The standard InChI is InChI=1S/C26H37N7O/c1-19(34)28-17-23-21(18-31(3)22-9-4-7-20-8-6-12-27-26(20)22)29-24-10-5-11-25(33(23)24)32-15-13-30(2)14-16-32/h5-6,8,10-12,21-23H,4,7,9,13-18H2,1-3H3,(H,28,34)/t21?,22-,23?/m0/s1. The second-order valence-electron chi connectivity index (χ2n) is 10.00. The lowest BCUT2D eigenvalue weighted by Gasteiger charge is -2.42. The molecular weight excluding hydrogens is 426 g/mol. The van der Waals surface area contributed by atoms with Gasteiger partial charge in [0.2, 0.25) is 5.91 Å². The monoisotopic (exact) mass is 463 g/mol. The van der Waals surface area contributed by atoms with Gasteiger partial charge in [-0.3, -0.25) is 19.7 Å². The van der Waals surface area contributed by atoms with Gasteiger partial charge in [-0.2, -0.15) is 0 Å². The molecule has 2 unspecified atom stereocenters. The van der Waals surface area contributed by atoms with Crippen LogP contribution in [0.2, 0.25) is 0 Å². The van der Waals surface area contributed by atoms with Crippen LogP contribution in [0.1, 0.15) is 37.1 Å². The molecular formula is C26H37N7O. The third-order valence-corrected chi connectivity index (χ3v) is 7.62. The molecule has 1 saturated heterocycles. The fourth-order valence-corrected chi connectivity index (χ4v) is 5.74. The third kappa shape index (κ3) is 4.61. The number of amidine groups is 1. The zero-order chi connectivity index (χ0) is 23.7. The number of fused-ring (bicyclic) bond motifs is 2. The maximum absolute atomic E-state index is 11.9. The number of nitrogens with zero attached hydrogens (tertiary/aromatic N) is 6. The summed E-state index contributed by atoms with van der Waals surface area (Å²) in [4.78, 5) is 31.4. The summed E-state index contributed by atoms with van der Waals surface area (Å²) in [6, 6.07) is 4.73. The van der Waals surface area contributed by atoms with Crippen LogP contribution in [0, 0.1) is 0 Å². The molecule has 1 aromatic rings. The van der Waals surface area contributed by atoms with Crippen molar-refractivity contribution in [1.29, 1.82) is 0 Å². The summed E-state index contributed by atoms with van der Waals surface area (Å²) in [5.41, 5.74) is 2.59. The number of nitrogens with one attached hydrogen (secondary N) is 1. The number of rotatable bonds is 6. The number of piperazine rings is 1. The van der Waals surface area contributed by atoms with Crippen molar-refractivity contribution in [2.45, 2.75) is 44.3 Å². The Labute approximate surface area is 203 Å². The summed E-state index contributed by atoms with van der Waals surface area (Å²) in [6.45, 7) is 7.11. The second-order valence-corrected chi connectivity index (χ2v) is 10.00. The normalized spacial score (nSPS) is 26.8. The first-order chi connectivity index (χ1) is 16.5. The van der Waals surface area contributed by atoms with Crippen LogP contribution in [-0.4, -0.2) is 102 Å². The van der Waals surface area contributed by atoms with E-state index in [0.29, 0.717) is 12.6 Å². The molecule has 5 rings (SSSR count). The molecule has 4 heterocycles. The number of allylic oxidation sites excluding steroid dienone is 2. The molecule has 1 aromatic heterocycles. The molecule has 0 saturated carbocycles. The number of likely N-dealkylation sites (N-methyl/N-ethyl adjacent to an activating group) is 2. The third-order valence-electron chi connectivity index (χ3n) is 7.62. The molecule has 3 atom stereocenters. The van der Waals surface area contributed by atoms with Crippen LogP contribution in [0.5, 0.6) is 0 Å². The van der Waals surface area contributed by atoms with Gasteiger partial charge < -0.3 is 20.0 Å². The number of hydrogen-bond donors (Lipinski definition) is 1. The Morgan fingerprint density at radius 3 is 2.88 bits per heavy atom. The van der Waals surface area contributed by atoms with E-state index in [9.17, 15) is 4.79 Å². The molecule has 0 radical (unpaired) electrons. The molecule has 8 nitrogen and oxygen atoms in total. The minimum absolute atomic E-state index is 0.00337. The van der Waals surface area contributed by atoms with Crippen LogP contribution in [0.25, 0.3) is 0 Å². The summed E-state index contributed by atoms with van der Waals surface area (Å²) < 4.78 is 0.